The van der Waals surface area contributed by atoms with Crippen molar-refractivity contribution in [2.24, 2.45) is 0 Å². The maximum absolute atomic E-state index is 12.9. The molecule has 1 aliphatic rings. The summed E-state index contributed by atoms with van der Waals surface area (Å²) in [6.45, 7) is 6.92. The molecule has 2 aromatic rings. The molecule has 1 saturated heterocycles. The lowest BCUT2D eigenvalue weighted by molar-refractivity contribution is -0.132. The van der Waals surface area contributed by atoms with E-state index in [4.69, 9.17) is 4.74 Å². The van der Waals surface area contributed by atoms with Crippen molar-refractivity contribution in [2.75, 3.05) is 13.1 Å². The summed E-state index contributed by atoms with van der Waals surface area (Å²) in [4.78, 5) is 35.6. The quantitative estimate of drug-likeness (QED) is 0.787. The maximum atomic E-state index is 12.9. The van der Waals surface area contributed by atoms with Crippen molar-refractivity contribution in [1.29, 1.82) is 0 Å². The first-order valence-electron chi connectivity index (χ1n) is 10.5. The lowest BCUT2D eigenvalue weighted by Crippen LogP contribution is -2.49. The highest BCUT2D eigenvalue weighted by atomic mass is 16.6. The number of alkyl carbamates (subject to hydrolysis) is 1. The minimum atomic E-state index is -0.610. The number of amides is 2. The highest BCUT2D eigenvalue weighted by molar-refractivity contribution is 5.86. The van der Waals surface area contributed by atoms with E-state index in [9.17, 15) is 9.59 Å². The van der Waals surface area contributed by atoms with E-state index < -0.39 is 17.7 Å². The number of aromatic nitrogens is 2. The number of hydrogen-bond acceptors (Lipinski definition) is 5. The zero-order valence-electron chi connectivity index (χ0n) is 17.9. The first-order chi connectivity index (χ1) is 14.3. The molecule has 160 valence electrons. The fourth-order valence-corrected chi connectivity index (χ4v) is 3.44. The molecule has 0 radical (unpaired) electrons. The summed E-state index contributed by atoms with van der Waals surface area (Å²) < 4.78 is 5.36. The SMILES string of the molecule is CC(C)(C)OC(=O)NC(CCc1ccc(-c2ncccn2)cc1)C(=O)N1CCCC1. The molecule has 2 amide bonds. The van der Waals surface area contributed by atoms with Crippen LogP contribution >= 0.6 is 0 Å². The van der Waals surface area contributed by atoms with E-state index in [0.717, 1.165) is 37.1 Å². The Bertz CT molecular complexity index is 841. The summed E-state index contributed by atoms with van der Waals surface area (Å²) >= 11 is 0. The van der Waals surface area contributed by atoms with Crippen molar-refractivity contribution < 1.29 is 14.3 Å². The van der Waals surface area contributed by atoms with Crippen LogP contribution in [0, 0.1) is 0 Å². The predicted molar refractivity (Wildman–Crippen MR) is 115 cm³/mol. The van der Waals surface area contributed by atoms with E-state index in [2.05, 4.69) is 15.3 Å². The van der Waals surface area contributed by atoms with E-state index in [1.807, 2.05) is 49.9 Å². The molecule has 1 fully saturated rings. The summed E-state index contributed by atoms with van der Waals surface area (Å²) in [5.74, 6) is 0.644. The van der Waals surface area contributed by atoms with Crippen molar-refractivity contribution >= 4 is 12.0 Å². The van der Waals surface area contributed by atoms with Gasteiger partial charge in [0.25, 0.3) is 0 Å². The number of nitrogens with one attached hydrogen (secondary N) is 1. The van der Waals surface area contributed by atoms with Crippen molar-refractivity contribution in [3.8, 4) is 11.4 Å². The van der Waals surface area contributed by atoms with E-state index in [-0.39, 0.29) is 5.91 Å². The number of hydrogen-bond donors (Lipinski definition) is 1. The molecule has 0 saturated carbocycles. The van der Waals surface area contributed by atoms with Gasteiger partial charge in [-0.3, -0.25) is 4.79 Å². The van der Waals surface area contributed by atoms with Crippen molar-refractivity contribution in [3.05, 3.63) is 48.3 Å². The maximum Gasteiger partial charge on any atom is 0.408 e. The highest BCUT2D eigenvalue weighted by Crippen LogP contribution is 2.17. The third-order valence-corrected chi connectivity index (χ3v) is 4.91. The molecule has 1 unspecified atom stereocenters. The average Bonchev–Trinajstić information content (AvgIpc) is 3.25. The van der Waals surface area contributed by atoms with Gasteiger partial charge in [-0.1, -0.05) is 24.3 Å². The Morgan fingerprint density at radius 1 is 1.10 bits per heavy atom. The third kappa shape index (κ3) is 6.27. The number of carbonyl (C=O) groups excluding carboxylic acids is 2. The Kier molecular flexibility index (Phi) is 7.03. The van der Waals surface area contributed by atoms with Crippen LogP contribution in [-0.2, 0) is 16.0 Å². The Labute approximate surface area is 177 Å². The smallest absolute Gasteiger partial charge is 0.408 e. The Hall–Kier alpha value is -2.96. The first-order valence-corrected chi connectivity index (χ1v) is 10.5. The molecule has 1 aromatic heterocycles. The molecule has 30 heavy (non-hydrogen) atoms. The van der Waals surface area contributed by atoms with Gasteiger partial charge in [0.2, 0.25) is 5.91 Å². The van der Waals surface area contributed by atoms with Crippen LogP contribution in [0.5, 0.6) is 0 Å². The van der Waals surface area contributed by atoms with Crippen LogP contribution in [0.3, 0.4) is 0 Å². The van der Waals surface area contributed by atoms with E-state index >= 15 is 0 Å². The summed E-state index contributed by atoms with van der Waals surface area (Å²) in [5.41, 5.74) is 1.41. The Morgan fingerprint density at radius 3 is 2.33 bits per heavy atom. The number of nitrogens with zero attached hydrogens (tertiary/aromatic N) is 3. The normalized spacial score (nSPS) is 15.0. The molecule has 1 aromatic carbocycles. The van der Waals surface area contributed by atoms with Crippen LogP contribution in [-0.4, -0.2) is 51.6 Å². The summed E-state index contributed by atoms with van der Waals surface area (Å²) in [5, 5.41) is 2.79. The molecule has 2 heterocycles. The van der Waals surface area contributed by atoms with E-state index in [0.29, 0.717) is 18.7 Å². The molecular formula is C23H30N4O3. The minimum Gasteiger partial charge on any atom is -0.444 e. The average molecular weight is 411 g/mol. The molecule has 3 rings (SSSR count). The summed E-state index contributed by atoms with van der Waals surface area (Å²) in [7, 11) is 0. The Balaban J connectivity index is 1.64. The second-order valence-corrected chi connectivity index (χ2v) is 8.54. The fraction of sp³-hybridized carbons (Fsp3) is 0.478. The van der Waals surface area contributed by atoms with Crippen LogP contribution in [0.25, 0.3) is 11.4 Å². The predicted octanol–water partition coefficient (Wildman–Crippen LogP) is 3.59. The summed E-state index contributed by atoms with van der Waals surface area (Å²) in [6.07, 6.45) is 6.06. The third-order valence-electron chi connectivity index (χ3n) is 4.91. The topological polar surface area (TPSA) is 84.4 Å². The number of ether oxygens (including phenoxy) is 1. The molecule has 0 spiro atoms. The van der Waals surface area contributed by atoms with Gasteiger partial charge in [-0.15, -0.1) is 0 Å². The molecule has 1 atom stereocenters. The largest absolute Gasteiger partial charge is 0.444 e. The van der Waals surface area contributed by atoms with Crippen LogP contribution in [0.4, 0.5) is 4.79 Å². The molecule has 1 N–H and O–H groups in total. The number of carbonyl (C=O) groups is 2. The van der Waals surface area contributed by atoms with Gasteiger partial charge in [0.15, 0.2) is 5.82 Å². The lowest BCUT2D eigenvalue weighted by atomic mass is 10.0. The summed E-state index contributed by atoms with van der Waals surface area (Å²) in [6, 6.07) is 9.15. The van der Waals surface area contributed by atoms with Crippen molar-refractivity contribution in [3.63, 3.8) is 0 Å². The molecule has 1 aliphatic heterocycles. The molecule has 7 heteroatoms. The van der Waals surface area contributed by atoms with Crippen LogP contribution in [0.2, 0.25) is 0 Å². The number of aryl methyl sites for hydroxylation is 1. The van der Waals surface area contributed by atoms with Gasteiger partial charge < -0.3 is 15.0 Å². The lowest BCUT2D eigenvalue weighted by Gasteiger charge is -2.26. The van der Waals surface area contributed by atoms with Gasteiger partial charge in [-0.2, -0.15) is 0 Å². The zero-order valence-corrected chi connectivity index (χ0v) is 17.9. The molecule has 7 nitrogen and oxygen atoms in total. The molecule has 0 aliphatic carbocycles. The van der Waals surface area contributed by atoms with Crippen molar-refractivity contribution in [1.82, 2.24) is 20.2 Å². The van der Waals surface area contributed by atoms with Crippen LogP contribution in [0.15, 0.2) is 42.7 Å². The standard InChI is InChI=1S/C23H30N4O3/c1-23(2,3)30-22(29)26-19(21(28)27-15-4-5-16-27)12-9-17-7-10-18(11-8-17)20-24-13-6-14-25-20/h6-8,10-11,13-14,19H,4-5,9,12,15-16H2,1-3H3,(H,26,29). The second kappa shape index (κ2) is 9.69. The fourth-order valence-electron chi connectivity index (χ4n) is 3.44. The minimum absolute atomic E-state index is 0.0346. The Morgan fingerprint density at radius 2 is 1.73 bits per heavy atom. The number of benzene rings is 1. The van der Waals surface area contributed by atoms with E-state index in [1.165, 1.54) is 0 Å². The van der Waals surface area contributed by atoms with Crippen LogP contribution in [0.1, 0.15) is 45.6 Å². The van der Waals surface area contributed by atoms with Gasteiger partial charge in [0.1, 0.15) is 11.6 Å². The van der Waals surface area contributed by atoms with Gasteiger partial charge >= 0.3 is 6.09 Å². The van der Waals surface area contributed by atoms with Crippen LogP contribution < -0.4 is 5.32 Å². The van der Waals surface area contributed by atoms with Gasteiger partial charge in [-0.25, -0.2) is 14.8 Å². The van der Waals surface area contributed by atoms with Gasteiger partial charge in [0.05, 0.1) is 0 Å². The zero-order chi connectivity index (χ0) is 21.6. The van der Waals surface area contributed by atoms with Crippen molar-refractivity contribution in [2.45, 2.75) is 58.1 Å². The molecular weight excluding hydrogens is 380 g/mol. The number of likely N-dealkylation sites (tertiary alicyclic amines) is 1. The highest BCUT2D eigenvalue weighted by Gasteiger charge is 2.29. The second-order valence-electron chi connectivity index (χ2n) is 8.54. The first kappa shape index (κ1) is 21.7. The van der Waals surface area contributed by atoms with Gasteiger partial charge in [-0.05, 0) is 58.1 Å². The number of rotatable bonds is 6. The van der Waals surface area contributed by atoms with E-state index in [1.54, 1.807) is 18.5 Å². The van der Waals surface area contributed by atoms with Gasteiger partial charge in [0, 0.05) is 31.0 Å². The monoisotopic (exact) mass is 410 g/mol. The molecule has 0 bridgehead atoms.